The van der Waals surface area contributed by atoms with Gasteiger partial charge in [-0.05, 0) is 44.0 Å². The van der Waals surface area contributed by atoms with Gasteiger partial charge in [0.1, 0.15) is 11.6 Å². The third-order valence-electron chi connectivity index (χ3n) is 4.86. The summed E-state index contributed by atoms with van der Waals surface area (Å²) in [6, 6.07) is 7.54. The Hall–Kier alpha value is -2.56. The van der Waals surface area contributed by atoms with Gasteiger partial charge in [-0.15, -0.1) is 0 Å². The number of rotatable bonds is 3. The van der Waals surface area contributed by atoms with E-state index in [2.05, 4.69) is 27.4 Å². The fourth-order valence-electron chi connectivity index (χ4n) is 3.62. The first-order chi connectivity index (χ1) is 11.7. The van der Waals surface area contributed by atoms with Crippen molar-refractivity contribution in [1.29, 1.82) is 0 Å². The highest BCUT2D eigenvalue weighted by Gasteiger charge is 2.27. The zero-order valence-corrected chi connectivity index (χ0v) is 13.9. The van der Waals surface area contributed by atoms with Crippen molar-refractivity contribution in [2.45, 2.75) is 38.6 Å². The molecule has 0 bridgehead atoms. The zero-order valence-electron chi connectivity index (χ0n) is 13.9. The minimum Gasteiger partial charge on any atom is -0.508 e. The van der Waals surface area contributed by atoms with Gasteiger partial charge in [-0.3, -0.25) is 0 Å². The van der Waals surface area contributed by atoms with Crippen LogP contribution in [0.5, 0.6) is 5.75 Å². The molecule has 0 unspecified atom stereocenters. The Kier molecular flexibility index (Phi) is 3.84. The molecule has 4 rings (SSSR count). The topological polar surface area (TPSA) is 61.3 Å². The largest absolute Gasteiger partial charge is 0.508 e. The molecule has 1 aliphatic heterocycles. The molecule has 0 spiro atoms. The van der Waals surface area contributed by atoms with Crippen LogP contribution in [-0.2, 0) is 0 Å². The number of nitrogens with one attached hydrogen (secondary N) is 1. The molecule has 1 saturated carbocycles. The van der Waals surface area contributed by atoms with E-state index in [0.29, 0.717) is 12.0 Å². The van der Waals surface area contributed by atoms with Gasteiger partial charge in [-0.25, -0.2) is 4.98 Å². The summed E-state index contributed by atoms with van der Waals surface area (Å²) >= 11 is 0. The average molecular weight is 322 g/mol. The number of anilines is 3. The molecule has 2 aromatic rings. The molecule has 5 heteroatoms. The summed E-state index contributed by atoms with van der Waals surface area (Å²) in [6.07, 6.45) is 9.46. The molecule has 24 heavy (non-hydrogen) atoms. The number of aromatic nitrogens is 2. The molecule has 1 aromatic heterocycles. The summed E-state index contributed by atoms with van der Waals surface area (Å²) in [5, 5.41) is 12.7. The van der Waals surface area contributed by atoms with Gasteiger partial charge >= 0.3 is 0 Å². The van der Waals surface area contributed by atoms with Crippen LogP contribution in [0.1, 0.15) is 36.9 Å². The Balaban J connectivity index is 1.67. The van der Waals surface area contributed by atoms with Crippen LogP contribution in [0.3, 0.4) is 0 Å². The number of aryl methyl sites for hydroxylation is 1. The van der Waals surface area contributed by atoms with E-state index in [-0.39, 0.29) is 5.75 Å². The first-order valence-corrected chi connectivity index (χ1v) is 8.58. The Morgan fingerprint density at radius 3 is 2.62 bits per heavy atom. The first-order valence-electron chi connectivity index (χ1n) is 8.58. The van der Waals surface area contributed by atoms with Gasteiger partial charge < -0.3 is 15.3 Å². The van der Waals surface area contributed by atoms with Crippen molar-refractivity contribution in [3.8, 4) is 5.75 Å². The SMILES string of the molecule is Cc1nc(Nc2ccc(O)cc2)nc2c1C=CCN2C1CCCC1. The lowest BCUT2D eigenvalue weighted by molar-refractivity contribution is 0.475. The Morgan fingerprint density at radius 1 is 1.12 bits per heavy atom. The molecule has 1 fully saturated rings. The number of benzene rings is 1. The Morgan fingerprint density at radius 2 is 1.88 bits per heavy atom. The van der Waals surface area contributed by atoms with Crippen LogP contribution in [0.2, 0.25) is 0 Å². The molecule has 0 amide bonds. The summed E-state index contributed by atoms with van der Waals surface area (Å²) in [7, 11) is 0. The van der Waals surface area contributed by atoms with E-state index in [1.165, 1.54) is 25.7 Å². The van der Waals surface area contributed by atoms with Crippen LogP contribution in [0.4, 0.5) is 17.5 Å². The van der Waals surface area contributed by atoms with Gasteiger partial charge in [0.15, 0.2) is 0 Å². The summed E-state index contributed by atoms with van der Waals surface area (Å²) in [4.78, 5) is 11.8. The van der Waals surface area contributed by atoms with Crippen LogP contribution < -0.4 is 10.2 Å². The van der Waals surface area contributed by atoms with Crippen LogP contribution in [0.15, 0.2) is 30.3 Å². The summed E-state index contributed by atoms with van der Waals surface area (Å²) in [6.45, 7) is 2.96. The van der Waals surface area contributed by atoms with Crippen LogP contribution in [0, 0.1) is 6.92 Å². The molecule has 5 nitrogen and oxygen atoms in total. The predicted molar refractivity (Wildman–Crippen MR) is 96.8 cm³/mol. The summed E-state index contributed by atoms with van der Waals surface area (Å²) in [5.41, 5.74) is 2.98. The fourth-order valence-corrected chi connectivity index (χ4v) is 3.62. The number of phenols is 1. The molecular weight excluding hydrogens is 300 g/mol. The second-order valence-corrected chi connectivity index (χ2v) is 6.53. The van der Waals surface area contributed by atoms with Crippen molar-refractivity contribution in [2.75, 3.05) is 16.8 Å². The maximum Gasteiger partial charge on any atom is 0.229 e. The number of fused-ring (bicyclic) bond motifs is 1. The van der Waals surface area contributed by atoms with E-state index in [0.717, 1.165) is 29.3 Å². The lowest BCUT2D eigenvalue weighted by Gasteiger charge is -2.33. The van der Waals surface area contributed by atoms with Crippen molar-refractivity contribution < 1.29 is 5.11 Å². The molecule has 1 aromatic carbocycles. The molecular formula is C19H22N4O. The first kappa shape index (κ1) is 15.0. The fraction of sp³-hybridized carbons (Fsp3) is 0.368. The lowest BCUT2D eigenvalue weighted by atomic mass is 10.1. The van der Waals surface area contributed by atoms with Gasteiger partial charge in [-0.1, -0.05) is 25.0 Å². The highest BCUT2D eigenvalue weighted by molar-refractivity contribution is 5.72. The monoisotopic (exact) mass is 322 g/mol. The average Bonchev–Trinajstić information content (AvgIpc) is 3.11. The number of nitrogens with zero attached hydrogens (tertiary/aromatic N) is 3. The van der Waals surface area contributed by atoms with Gasteiger partial charge in [0.2, 0.25) is 5.95 Å². The van der Waals surface area contributed by atoms with Crippen molar-refractivity contribution in [1.82, 2.24) is 9.97 Å². The number of hydrogen-bond acceptors (Lipinski definition) is 5. The number of phenolic OH excluding ortho intramolecular Hbond substituents is 1. The van der Waals surface area contributed by atoms with Gasteiger partial charge in [0, 0.05) is 23.8 Å². The standard InChI is InChI=1S/C19H22N4O/c1-13-17-7-4-12-23(15-5-2-3-6-15)18(17)22-19(20-13)21-14-8-10-16(24)11-9-14/h4,7-11,15,24H,2-3,5-6,12H2,1H3,(H,20,21,22). The summed E-state index contributed by atoms with van der Waals surface area (Å²) < 4.78 is 0. The minimum absolute atomic E-state index is 0.251. The minimum atomic E-state index is 0.251. The van der Waals surface area contributed by atoms with Crippen molar-refractivity contribution in [3.63, 3.8) is 0 Å². The molecule has 0 atom stereocenters. The second-order valence-electron chi connectivity index (χ2n) is 6.53. The van der Waals surface area contributed by atoms with Gasteiger partial charge in [-0.2, -0.15) is 4.98 Å². The van der Waals surface area contributed by atoms with E-state index in [1.54, 1.807) is 12.1 Å². The molecule has 2 N–H and O–H groups in total. The van der Waals surface area contributed by atoms with Gasteiger partial charge in [0.05, 0.1) is 5.69 Å². The maximum atomic E-state index is 9.41. The number of aromatic hydroxyl groups is 1. The van der Waals surface area contributed by atoms with Gasteiger partial charge in [0.25, 0.3) is 0 Å². The van der Waals surface area contributed by atoms with Crippen LogP contribution in [0.25, 0.3) is 6.08 Å². The number of hydrogen-bond donors (Lipinski definition) is 2. The van der Waals surface area contributed by atoms with Crippen LogP contribution >= 0.6 is 0 Å². The van der Waals surface area contributed by atoms with Crippen molar-refractivity contribution in [3.05, 3.63) is 41.6 Å². The third kappa shape index (κ3) is 2.82. The summed E-state index contributed by atoms with van der Waals surface area (Å²) in [5.74, 6) is 1.90. The highest BCUT2D eigenvalue weighted by Crippen LogP contribution is 2.34. The second kappa shape index (κ2) is 6.15. The van der Waals surface area contributed by atoms with E-state index in [1.807, 2.05) is 19.1 Å². The zero-order chi connectivity index (χ0) is 16.5. The predicted octanol–water partition coefficient (Wildman–Crippen LogP) is 4.01. The van der Waals surface area contributed by atoms with E-state index in [4.69, 9.17) is 4.98 Å². The normalized spacial score (nSPS) is 17.1. The molecule has 124 valence electrons. The Labute approximate surface area is 142 Å². The van der Waals surface area contributed by atoms with Crippen molar-refractivity contribution >= 4 is 23.5 Å². The molecule has 2 aliphatic rings. The molecule has 1 aliphatic carbocycles. The van der Waals surface area contributed by atoms with E-state index < -0.39 is 0 Å². The van der Waals surface area contributed by atoms with E-state index in [9.17, 15) is 5.11 Å². The lowest BCUT2D eigenvalue weighted by Crippen LogP contribution is -2.36. The smallest absolute Gasteiger partial charge is 0.229 e. The van der Waals surface area contributed by atoms with Crippen molar-refractivity contribution in [2.24, 2.45) is 0 Å². The molecule has 0 radical (unpaired) electrons. The third-order valence-corrected chi connectivity index (χ3v) is 4.86. The molecule has 2 heterocycles. The molecule has 0 saturated heterocycles. The maximum absolute atomic E-state index is 9.41. The quantitative estimate of drug-likeness (QED) is 0.836. The highest BCUT2D eigenvalue weighted by atomic mass is 16.3. The van der Waals surface area contributed by atoms with E-state index >= 15 is 0 Å². The van der Waals surface area contributed by atoms with Crippen LogP contribution in [-0.4, -0.2) is 27.7 Å². The Bertz CT molecular complexity index is 764.